The maximum absolute atomic E-state index is 13.6. The number of aromatic nitrogens is 3. The molecular formula is C29H24FN5O2S2. The lowest BCUT2D eigenvalue weighted by molar-refractivity contribution is 0.443. The number of benzene rings is 2. The predicted molar refractivity (Wildman–Crippen MR) is 152 cm³/mol. The van der Waals surface area contributed by atoms with Gasteiger partial charge in [0.25, 0.3) is 5.71 Å². The molecule has 0 amide bonds. The smallest absolute Gasteiger partial charge is 0.259 e. The van der Waals surface area contributed by atoms with E-state index in [4.69, 9.17) is 20.0 Å². The molecule has 0 saturated carbocycles. The van der Waals surface area contributed by atoms with E-state index in [1.54, 1.807) is 24.5 Å². The van der Waals surface area contributed by atoms with E-state index in [0.717, 1.165) is 39.4 Å². The second-order valence-corrected chi connectivity index (χ2v) is 11.0. The second kappa shape index (κ2) is 11.1. The number of hydrogen-bond acceptors (Lipinski definition) is 9. The number of pyridine rings is 2. The number of thioether (sulfide) groups is 1. The lowest BCUT2D eigenvalue weighted by atomic mass is 10.1. The Balaban J connectivity index is 1.34. The first-order chi connectivity index (χ1) is 19.0. The van der Waals surface area contributed by atoms with E-state index in [1.807, 2.05) is 42.2 Å². The highest BCUT2D eigenvalue weighted by Gasteiger charge is 2.29. The maximum Gasteiger partial charge on any atom is 0.259 e. The normalized spacial score (nSPS) is 15.1. The van der Waals surface area contributed by atoms with Gasteiger partial charge in [-0.3, -0.25) is 0 Å². The first kappa shape index (κ1) is 25.4. The van der Waals surface area contributed by atoms with E-state index >= 15 is 0 Å². The van der Waals surface area contributed by atoms with Crippen molar-refractivity contribution in [1.82, 2.24) is 15.1 Å². The summed E-state index contributed by atoms with van der Waals surface area (Å²) in [6.45, 7) is 1.89. The van der Waals surface area contributed by atoms with Crippen LogP contribution in [0.2, 0.25) is 0 Å². The lowest BCUT2D eigenvalue weighted by Crippen LogP contribution is -2.36. The number of hydrogen-bond donors (Lipinski definition) is 1. The summed E-state index contributed by atoms with van der Waals surface area (Å²) in [7, 11) is 0. The summed E-state index contributed by atoms with van der Waals surface area (Å²) in [5.74, 6) is 1.28. The standard InChI is InChI=1S/C29H24FN5O2S2/c1-18-26-25(13-14-32-28(26)37-34-18)39-23-15-24(36-22-11-8-20(30)9-12-22)27(33-16-23)35-21(17-38-29(35)31)10-7-19-5-3-2-4-6-19/h2-6,8-9,11-17,29H,7,10,31H2,1H3. The molecule has 196 valence electrons. The van der Waals surface area contributed by atoms with Gasteiger partial charge in [-0.1, -0.05) is 59.0 Å². The van der Waals surface area contributed by atoms with Gasteiger partial charge in [0.05, 0.1) is 11.1 Å². The van der Waals surface area contributed by atoms with Crippen molar-refractivity contribution in [1.29, 1.82) is 0 Å². The summed E-state index contributed by atoms with van der Waals surface area (Å²) < 4.78 is 25.2. The lowest BCUT2D eigenvalue weighted by Gasteiger charge is -2.27. The molecule has 39 heavy (non-hydrogen) atoms. The summed E-state index contributed by atoms with van der Waals surface area (Å²) in [6.07, 6.45) is 5.16. The number of halogens is 1. The summed E-state index contributed by atoms with van der Waals surface area (Å²) in [4.78, 5) is 12.9. The van der Waals surface area contributed by atoms with Crippen molar-refractivity contribution in [2.75, 3.05) is 4.90 Å². The minimum atomic E-state index is -0.350. The number of rotatable bonds is 8. The molecule has 5 aromatic rings. The second-order valence-electron chi connectivity index (χ2n) is 8.90. The first-order valence-corrected chi connectivity index (χ1v) is 14.1. The molecule has 0 bridgehead atoms. The van der Waals surface area contributed by atoms with Crippen molar-refractivity contribution >= 4 is 40.4 Å². The molecule has 2 N–H and O–H groups in total. The van der Waals surface area contributed by atoms with Crippen molar-refractivity contribution in [3.63, 3.8) is 0 Å². The Kier molecular flexibility index (Phi) is 7.23. The van der Waals surface area contributed by atoms with Crippen LogP contribution in [0.1, 0.15) is 17.7 Å². The van der Waals surface area contributed by atoms with Gasteiger partial charge >= 0.3 is 0 Å². The fourth-order valence-corrected chi connectivity index (χ4v) is 6.22. The van der Waals surface area contributed by atoms with E-state index in [-0.39, 0.29) is 11.3 Å². The molecule has 1 aliphatic heterocycles. The van der Waals surface area contributed by atoms with E-state index in [1.165, 1.54) is 41.2 Å². The Morgan fingerprint density at radius 2 is 1.90 bits per heavy atom. The number of nitrogens with two attached hydrogens (primary N) is 1. The van der Waals surface area contributed by atoms with Gasteiger partial charge in [0.1, 0.15) is 17.1 Å². The molecule has 1 atom stereocenters. The number of allylic oxidation sites excluding steroid dienone is 1. The van der Waals surface area contributed by atoms with Crippen molar-refractivity contribution in [3.05, 3.63) is 107 Å². The molecule has 0 saturated heterocycles. The molecular weight excluding hydrogens is 533 g/mol. The zero-order chi connectivity index (χ0) is 26.8. The summed E-state index contributed by atoms with van der Waals surface area (Å²) in [5, 5.41) is 6.99. The van der Waals surface area contributed by atoms with Gasteiger partial charge in [-0.25, -0.2) is 14.4 Å². The Morgan fingerprint density at radius 1 is 1.08 bits per heavy atom. The fraction of sp³-hybridized carbons (Fsp3) is 0.138. The summed E-state index contributed by atoms with van der Waals surface area (Å²) in [6, 6.07) is 20.1. The molecule has 0 spiro atoms. The number of fused-ring (bicyclic) bond motifs is 1. The molecule has 2 aromatic carbocycles. The van der Waals surface area contributed by atoms with Crippen LogP contribution in [0.5, 0.6) is 11.5 Å². The fourth-order valence-electron chi connectivity index (χ4n) is 4.34. The van der Waals surface area contributed by atoms with E-state index in [2.05, 4.69) is 27.7 Å². The Bertz CT molecular complexity index is 1640. The average molecular weight is 558 g/mol. The van der Waals surface area contributed by atoms with Gasteiger partial charge in [0.15, 0.2) is 11.6 Å². The molecule has 10 heteroatoms. The molecule has 0 aliphatic carbocycles. The van der Waals surface area contributed by atoms with Gasteiger partial charge in [0, 0.05) is 33.9 Å². The van der Waals surface area contributed by atoms with Crippen molar-refractivity contribution in [2.24, 2.45) is 5.73 Å². The Hall–Kier alpha value is -3.86. The molecule has 7 nitrogen and oxygen atoms in total. The van der Waals surface area contributed by atoms with Crippen molar-refractivity contribution in [3.8, 4) is 11.5 Å². The Labute approximate surface area is 233 Å². The molecule has 4 heterocycles. The minimum Gasteiger partial charge on any atom is -0.453 e. The van der Waals surface area contributed by atoms with Crippen LogP contribution >= 0.6 is 23.5 Å². The third-order valence-electron chi connectivity index (χ3n) is 6.23. The van der Waals surface area contributed by atoms with Crippen LogP contribution in [0.15, 0.2) is 105 Å². The van der Waals surface area contributed by atoms with Crippen LogP contribution in [0.3, 0.4) is 0 Å². The van der Waals surface area contributed by atoms with Gasteiger partial charge in [0.2, 0.25) is 0 Å². The zero-order valence-electron chi connectivity index (χ0n) is 21.0. The largest absolute Gasteiger partial charge is 0.453 e. The molecule has 1 aliphatic rings. The summed E-state index contributed by atoms with van der Waals surface area (Å²) >= 11 is 3.05. The number of aryl methyl sites for hydroxylation is 2. The average Bonchev–Trinajstić information content (AvgIpc) is 3.52. The highest BCUT2D eigenvalue weighted by atomic mass is 32.2. The number of nitrogens with zero attached hydrogens (tertiary/aromatic N) is 4. The highest BCUT2D eigenvalue weighted by Crippen LogP contribution is 2.43. The monoisotopic (exact) mass is 557 g/mol. The third-order valence-corrected chi connectivity index (χ3v) is 8.15. The van der Waals surface area contributed by atoms with Crippen LogP contribution in [0, 0.1) is 12.7 Å². The van der Waals surface area contributed by atoms with Crippen LogP contribution in [0.25, 0.3) is 11.1 Å². The summed E-state index contributed by atoms with van der Waals surface area (Å²) in [5.41, 5.74) is 9.75. The topological polar surface area (TPSA) is 90.3 Å². The maximum atomic E-state index is 13.6. The minimum absolute atomic E-state index is 0.333. The molecule has 3 aromatic heterocycles. The third kappa shape index (κ3) is 5.49. The van der Waals surface area contributed by atoms with E-state index < -0.39 is 0 Å². The SMILES string of the molecule is Cc1noc2nccc(Sc3cnc(N4C(CCc5ccccc5)=CSC4N)c(Oc4ccc(F)cc4)c3)c12. The quantitative estimate of drug-likeness (QED) is 0.211. The zero-order valence-corrected chi connectivity index (χ0v) is 22.6. The van der Waals surface area contributed by atoms with Crippen LogP contribution in [0.4, 0.5) is 10.2 Å². The molecule has 0 fully saturated rings. The molecule has 1 unspecified atom stereocenters. The van der Waals surface area contributed by atoms with Gasteiger partial charge in [-0.15, -0.1) is 0 Å². The predicted octanol–water partition coefficient (Wildman–Crippen LogP) is 7.28. The van der Waals surface area contributed by atoms with Crippen LogP contribution in [-0.2, 0) is 6.42 Å². The van der Waals surface area contributed by atoms with Crippen molar-refractivity contribution in [2.45, 2.75) is 35.1 Å². The van der Waals surface area contributed by atoms with Crippen LogP contribution in [-0.4, -0.2) is 20.6 Å². The van der Waals surface area contributed by atoms with E-state index in [0.29, 0.717) is 23.0 Å². The first-order valence-electron chi connectivity index (χ1n) is 12.3. The van der Waals surface area contributed by atoms with E-state index in [9.17, 15) is 4.39 Å². The highest BCUT2D eigenvalue weighted by molar-refractivity contribution is 8.03. The molecule has 0 radical (unpaired) electrons. The Morgan fingerprint density at radius 3 is 2.72 bits per heavy atom. The number of ether oxygens (including phenoxy) is 1. The molecule has 6 rings (SSSR count). The van der Waals surface area contributed by atoms with Crippen LogP contribution < -0.4 is 15.4 Å². The van der Waals surface area contributed by atoms with Crippen molar-refractivity contribution < 1.29 is 13.7 Å². The van der Waals surface area contributed by atoms with Gasteiger partial charge in [-0.05, 0) is 61.1 Å². The van der Waals surface area contributed by atoms with Gasteiger partial charge in [-0.2, -0.15) is 0 Å². The van der Waals surface area contributed by atoms with Gasteiger partial charge < -0.3 is 19.9 Å². The number of anilines is 1.